The number of hydrogen-bond donors (Lipinski definition) is 1. The molecule has 0 amide bonds. The smallest absolute Gasteiger partial charge is 1.00 e. The van der Waals surface area contributed by atoms with Gasteiger partial charge in [0.2, 0.25) is 0 Å². The summed E-state index contributed by atoms with van der Waals surface area (Å²) >= 11 is -2.25. The number of hydrogen-bond acceptors (Lipinski definition) is 3. The summed E-state index contributed by atoms with van der Waals surface area (Å²) in [6, 6.07) is 7.06. The number of benzene rings is 1. The van der Waals surface area contributed by atoms with E-state index < -0.39 is 27.5 Å². The Labute approximate surface area is 118 Å². The number of rotatable bonds is 3. The molecule has 5 heteroatoms. The summed E-state index contributed by atoms with van der Waals surface area (Å²) in [5.74, 6) is -1.08. The van der Waals surface area contributed by atoms with Crippen LogP contribution >= 0.6 is 9.11 Å². The molecule has 1 aromatic carbocycles. The molecule has 14 heavy (non-hydrogen) atoms. The Bertz CT molecular complexity index is 319. The molecule has 0 saturated carbocycles. The molecule has 0 aromatic heterocycles. The minimum atomic E-state index is -2.25. The normalized spacial score (nSPS) is 9.00. The maximum atomic E-state index is 10.7. The molecule has 0 saturated heterocycles. The van der Waals surface area contributed by atoms with Gasteiger partial charge in [0.05, 0.1) is 0 Å². The van der Waals surface area contributed by atoms with Gasteiger partial charge in [-0.3, -0.25) is 0 Å². The van der Waals surface area contributed by atoms with E-state index in [1.54, 1.807) is 12.1 Å². The molecule has 0 heterocycles. The zero-order valence-corrected chi connectivity index (χ0v) is 16.9. The number of carbonyl (C=O) groups excluding carboxylic acids is 1. The molecule has 0 bridgehead atoms. The van der Waals surface area contributed by atoms with E-state index in [2.05, 4.69) is 16.0 Å². The van der Waals surface area contributed by atoms with Crippen LogP contribution in [0.25, 0.3) is 0 Å². The number of aromatic carboxylic acids is 1. The Hall–Kier alpha value is 0.975. The van der Waals surface area contributed by atoms with Crippen LogP contribution in [0.5, 0.6) is 0 Å². The van der Waals surface area contributed by atoms with Gasteiger partial charge in [-0.05, 0) is 0 Å². The first-order valence-corrected chi connectivity index (χ1v) is 19.0. The zero-order valence-electron chi connectivity index (χ0n) is 8.49. The van der Waals surface area contributed by atoms with Gasteiger partial charge in [-0.1, -0.05) is 0 Å². The van der Waals surface area contributed by atoms with Gasteiger partial charge in [0.15, 0.2) is 0 Å². The van der Waals surface area contributed by atoms with Gasteiger partial charge in [0.25, 0.3) is 0 Å². The molecule has 0 aliphatic heterocycles. The second-order valence-electron chi connectivity index (χ2n) is 3.08. The van der Waals surface area contributed by atoms with Crippen molar-refractivity contribution >= 4 is 18.2 Å². The monoisotopic (exact) mass is 407 g/mol. The molecule has 1 rings (SSSR count). The second-order valence-corrected chi connectivity index (χ2v) is 21.5. The summed E-state index contributed by atoms with van der Waals surface area (Å²) in [6.07, 6.45) is 0. The van der Waals surface area contributed by atoms with E-state index in [9.17, 15) is 9.90 Å². The summed E-state index contributed by atoms with van der Waals surface area (Å²) in [6.45, 7) is 2.06. The largest absolute Gasteiger partial charge is 1.00 e. The van der Waals surface area contributed by atoms with E-state index >= 15 is 0 Å². The number of carboxylic acids is 1. The minimum absolute atomic E-state index is 0. The van der Waals surface area contributed by atoms with E-state index in [0.29, 0.717) is 5.56 Å². The van der Waals surface area contributed by atoms with Crippen molar-refractivity contribution in [1.82, 2.24) is 0 Å². The van der Waals surface area contributed by atoms with Crippen molar-refractivity contribution in [2.45, 2.75) is 10.9 Å². The van der Waals surface area contributed by atoms with Crippen LogP contribution in [0.3, 0.4) is 0 Å². The van der Waals surface area contributed by atoms with Gasteiger partial charge in [-0.25, -0.2) is 0 Å². The van der Waals surface area contributed by atoms with Crippen molar-refractivity contribution in [2.75, 3.05) is 0 Å². The molecule has 0 fully saturated rings. The fourth-order valence-corrected chi connectivity index (χ4v) is 10.2. The average molecular weight is 406 g/mol. The maximum Gasteiger partial charge on any atom is 1.00 e. The van der Waals surface area contributed by atoms with Crippen LogP contribution in [0.2, 0.25) is 3.93 Å². The van der Waals surface area contributed by atoms with Crippen LogP contribution in [0, 0.1) is 0 Å². The number of carbonyl (C=O) groups is 1. The molecule has 67 valence electrons. The third kappa shape index (κ3) is 3.85. The molecule has 0 radical (unpaired) electrons. The fourth-order valence-electron chi connectivity index (χ4n) is 1.34. The van der Waals surface area contributed by atoms with Crippen molar-refractivity contribution in [1.29, 1.82) is 0 Å². The molecule has 0 atom stereocenters. The van der Waals surface area contributed by atoms with E-state index in [-0.39, 0.29) is 29.6 Å². The van der Waals surface area contributed by atoms with Gasteiger partial charge < -0.3 is 0 Å². The predicted molar refractivity (Wildman–Crippen MR) is 49.9 cm³/mol. The van der Waals surface area contributed by atoms with Crippen molar-refractivity contribution in [3.05, 3.63) is 29.8 Å². The summed E-state index contributed by atoms with van der Waals surface area (Å²) in [5, 5.41) is 10.7. The molecule has 0 aliphatic carbocycles. The Balaban J connectivity index is 0.00000169. The molecular weight excluding hydrogens is 396 g/mol. The quantitative estimate of drug-likeness (QED) is 0.449. The van der Waals surface area contributed by atoms with Crippen LogP contribution < -0.4 is 37.7 Å². The summed E-state index contributed by atoms with van der Waals surface area (Å²) < 4.78 is 1.99. The van der Waals surface area contributed by atoms with Crippen LogP contribution in [0.1, 0.15) is 17.3 Å². The maximum absolute atomic E-state index is 10.7. The summed E-state index contributed by atoms with van der Waals surface area (Å²) in [5.41, 5.74) is 0.343. The summed E-state index contributed by atoms with van der Waals surface area (Å²) in [7, 11) is 4.52. The van der Waals surface area contributed by atoms with Gasteiger partial charge >= 0.3 is 120 Å². The standard InChI is InChI=1S/C7H5O2.C2H5.Hg.Na.H2S/c8-7(9)6-4-2-1-3-5-6;1-2;;;/h1-4H,(H,8,9);1H2,2H3;;;1H2/q;;2*+1;/p-2. The number of carboxylic acid groups (broad SMARTS) is 1. The Morgan fingerprint density at radius 3 is 2.57 bits per heavy atom. The SMILES string of the molecule is C[CH2][Hg]([SH])[c]1ccccc1C(=O)[O-].[Na+]. The zero-order chi connectivity index (χ0) is 9.84. The minimum Gasteiger partial charge on any atom is 1.00 e. The van der Waals surface area contributed by atoms with Gasteiger partial charge in [-0.2, -0.15) is 0 Å². The number of thiol groups is 1. The molecule has 2 nitrogen and oxygen atoms in total. The van der Waals surface area contributed by atoms with E-state index in [4.69, 9.17) is 0 Å². The fraction of sp³-hybridized carbons (Fsp3) is 0.222. The van der Waals surface area contributed by atoms with Crippen molar-refractivity contribution < 1.29 is 61.0 Å². The predicted octanol–water partition coefficient (Wildman–Crippen LogP) is -2.42. The van der Waals surface area contributed by atoms with Crippen molar-refractivity contribution in [2.24, 2.45) is 0 Å². The average Bonchev–Trinajstić information content (AvgIpc) is 2.16. The molecule has 0 spiro atoms. The second kappa shape index (κ2) is 7.28. The Kier molecular flexibility index (Phi) is 7.79. The van der Waals surface area contributed by atoms with Crippen LogP contribution in [-0.4, -0.2) is 5.97 Å². The van der Waals surface area contributed by atoms with E-state index in [1.165, 1.54) is 0 Å². The Morgan fingerprint density at radius 2 is 2.07 bits per heavy atom. The molecular formula is C9H10HgNaO2S. The van der Waals surface area contributed by atoms with Gasteiger partial charge in [0, 0.05) is 0 Å². The first-order valence-electron chi connectivity index (χ1n) is 4.36. The first-order chi connectivity index (χ1) is 6.16. The topological polar surface area (TPSA) is 40.1 Å². The van der Waals surface area contributed by atoms with Gasteiger partial charge in [0.1, 0.15) is 0 Å². The molecule has 1 aromatic rings. The molecule has 0 unspecified atom stereocenters. The van der Waals surface area contributed by atoms with Crippen LogP contribution in [0.15, 0.2) is 24.3 Å². The Morgan fingerprint density at radius 1 is 1.50 bits per heavy atom. The molecule has 0 N–H and O–H groups in total. The van der Waals surface area contributed by atoms with E-state index in [1.807, 2.05) is 12.1 Å². The first kappa shape index (κ1) is 15.0. The summed E-state index contributed by atoms with van der Waals surface area (Å²) in [4.78, 5) is 10.7. The van der Waals surface area contributed by atoms with Gasteiger partial charge in [-0.15, -0.1) is 0 Å². The van der Waals surface area contributed by atoms with Crippen molar-refractivity contribution in [3.8, 4) is 0 Å². The third-order valence-corrected chi connectivity index (χ3v) is 18.6. The van der Waals surface area contributed by atoms with Crippen LogP contribution in [-0.2, 0) is 21.5 Å². The van der Waals surface area contributed by atoms with Crippen LogP contribution in [0.4, 0.5) is 0 Å². The van der Waals surface area contributed by atoms with E-state index in [0.717, 1.165) is 7.00 Å². The van der Waals surface area contributed by atoms with Crippen molar-refractivity contribution in [3.63, 3.8) is 0 Å². The third-order valence-electron chi connectivity index (χ3n) is 2.15. The molecule has 0 aliphatic rings.